The van der Waals surface area contributed by atoms with Crippen LogP contribution in [0.15, 0.2) is 18.2 Å². The Morgan fingerprint density at radius 1 is 1.35 bits per heavy atom. The zero-order valence-corrected chi connectivity index (χ0v) is 10.4. The largest absolute Gasteiger partial charge is 0.419 e. The molecule has 1 atom stereocenters. The molecule has 1 heterocycles. The Bertz CT molecular complexity index is 567. The van der Waals surface area contributed by atoms with Gasteiger partial charge in [-0.15, -0.1) is 10.2 Å². The smallest absolute Gasteiger partial charge is 0.303 e. The fraction of sp³-hybridized carbons (Fsp3) is 0.364. The Morgan fingerprint density at radius 2 is 2.10 bits per heavy atom. The average molecular weight is 289 g/mol. The summed E-state index contributed by atoms with van der Waals surface area (Å²) in [7, 11) is 0. The number of tetrazole rings is 1. The number of halogens is 4. The first-order valence-corrected chi connectivity index (χ1v) is 5.70. The number of aromatic amines is 1. The van der Waals surface area contributed by atoms with Crippen molar-refractivity contribution in [2.45, 2.75) is 25.7 Å². The molecule has 108 valence electrons. The van der Waals surface area contributed by atoms with Gasteiger partial charge in [-0.05, 0) is 24.6 Å². The van der Waals surface area contributed by atoms with Gasteiger partial charge in [-0.25, -0.2) is 4.39 Å². The molecule has 0 aliphatic carbocycles. The van der Waals surface area contributed by atoms with Crippen LogP contribution in [0.25, 0.3) is 0 Å². The highest BCUT2D eigenvalue weighted by Crippen LogP contribution is 2.31. The van der Waals surface area contributed by atoms with E-state index < -0.39 is 17.6 Å². The maximum atomic E-state index is 13.1. The van der Waals surface area contributed by atoms with E-state index in [0.29, 0.717) is 11.4 Å². The molecule has 0 aliphatic heterocycles. The second-order valence-corrected chi connectivity index (χ2v) is 4.18. The first-order chi connectivity index (χ1) is 9.38. The van der Waals surface area contributed by atoms with Gasteiger partial charge < -0.3 is 5.32 Å². The summed E-state index contributed by atoms with van der Waals surface area (Å²) in [5, 5.41) is 16.1. The van der Waals surface area contributed by atoms with Gasteiger partial charge in [0.1, 0.15) is 5.82 Å². The average Bonchev–Trinajstić information content (AvgIpc) is 2.90. The second kappa shape index (κ2) is 5.53. The maximum Gasteiger partial charge on any atom is 0.419 e. The molecule has 0 saturated heterocycles. The van der Waals surface area contributed by atoms with Crippen molar-refractivity contribution in [2.75, 3.05) is 0 Å². The lowest BCUT2D eigenvalue weighted by atomic mass is 10.1. The molecule has 9 heteroatoms. The van der Waals surface area contributed by atoms with E-state index in [0.717, 1.165) is 12.1 Å². The van der Waals surface area contributed by atoms with Gasteiger partial charge in [0.05, 0.1) is 11.6 Å². The topological polar surface area (TPSA) is 66.5 Å². The summed E-state index contributed by atoms with van der Waals surface area (Å²) >= 11 is 0. The lowest BCUT2D eigenvalue weighted by Gasteiger charge is -2.12. The molecule has 0 spiro atoms. The van der Waals surface area contributed by atoms with Crippen molar-refractivity contribution in [1.82, 2.24) is 25.9 Å². The van der Waals surface area contributed by atoms with Crippen LogP contribution >= 0.6 is 0 Å². The molecule has 0 amide bonds. The molecular formula is C11H11F4N5. The van der Waals surface area contributed by atoms with E-state index >= 15 is 0 Å². The maximum absolute atomic E-state index is 13.1. The Balaban J connectivity index is 2.07. The third kappa shape index (κ3) is 3.29. The second-order valence-electron chi connectivity index (χ2n) is 4.18. The predicted molar refractivity (Wildman–Crippen MR) is 60.8 cm³/mol. The molecule has 20 heavy (non-hydrogen) atoms. The summed E-state index contributed by atoms with van der Waals surface area (Å²) < 4.78 is 50.8. The summed E-state index contributed by atoms with van der Waals surface area (Å²) in [6.45, 7) is 1.86. The van der Waals surface area contributed by atoms with E-state index in [1.54, 1.807) is 6.92 Å². The standard InChI is InChI=1S/C11H11F4N5/c1-6(10-17-19-20-18-10)16-5-7-2-3-9(12)8(4-7)11(13,14)15/h2-4,6,16H,5H2,1H3,(H,17,18,19,20). The SMILES string of the molecule is CC(NCc1ccc(F)c(C(F)(F)F)c1)c1nn[nH]n1. The first kappa shape index (κ1) is 14.4. The number of H-pyrrole nitrogens is 1. The van der Waals surface area contributed by atoms with Crippen LogP contribution in [0, 0.1) is 5.82 Å². The first-order valence-electron chi connectivity index (χ1n) is 5.70. The van der Waals surface area contributed by atoms with Gasteiger partial charge in [0, 0.05) is 6.54 Å². The number of aromatic nitrogens is 4. The molecule has 0 fully saturated rings. The lowest BCUT2D eigenvalue weighted by Crippen LogP contribution is -2.20. The highest BCUT2D eigenvalue weighted by Gasteiger charge is 2.34. The summed E-state index contributed by atoms with van der Waals surface area (Å²) in [6.07, 6.45) is -4.71. The van der Waals surface area contributed by atoms with Gasteiger partial charge in [0.15, 0.2) is 5.82 Å². The fourth-order valence-electron chi connectivity index (χ4n) is 1.61. The minimum Gasteiger partial charge on any atom is -0.303 e. The van der Waals surface area contributed by atoms with E-state index in [1.165, 1.54) is 6.07 Å². The van der Waals surface area contributed by atoms with Gasteiger partial charge in [0.2, 0.25) is 0 Å². The summed E-state index contributed by atoms with van der Waals surface area (Å²) in [4.78, 5) is 0. The highest BCUT2D eigenvalue weighted by atomic mass is 19.4. The highest BCUT2D eigenvalue weighted by molar-refractivity contribution is 5.27. The minimum absolute atomic E-state index is 0.124. The predicted octanol–water partition coefficient (Wildman–Crippen LogP) is 2.21. The molecule has 2 aromatic rings. The Morgan fingerprint density at radius 3 is 2.70 bits per heavy atom. The summed E-state index contributed by atoms with van der Waals surface area (Å²) in [5.74, 6) is -0.893. The van der Waals surface area contributed by atoms with Crippen LogP contribution in [0.2, 0.25) is 0 Å². The number of alkyl halides is 3. The van der Waals surface area contributed by atoms with Gasteiger partial charge >= 0.3 is 6.18 Å². The number of rotatable bonds is 4. The number of hydrogen-bond donors (Lipinski definition) is 2. The minimum atomic E-state index is -4.71. The molecule has 0 bridgehead atoms. The Labute approximate surface area is 111 Å². The quantitative estimate of drug-likeness (QED) is 0.847. The molecule has 5 nitrogen and oxygen atoms in total. The van der Waals surface area contributed by atoms with E-state index in [1.807, 2.05) is 0 Å². The van der Waals surface area contributed by atoms with Crippen molar-refractivity contribution >= 4 is 0 Å². The van der Waals surface area contributed by atoms with E-state index in [4.69, 9.17) is 0 Å². The van der Waals surface area contributed by atoms with E-state index in [2.05, 4.69) is 25.9 Å². The van der Waals surface area contributed by atoms with Crippen molar-refractivity contribution in [2.24, 2.45) is 0 Å². The van der Waals surface area contributed by atoms with E-state index in [-0.39, 0.29) is 12.6 Å². The van der Waals surface area contributed by atoms with Crippen molar-refractivity contribution in [3.63, 3.8) is 0 Å². The molecule has 1 aromatic carbocycles. The van der Waals surface area contributed by atoms with Crippen LogP contribution in [-0.2, 0) is 12.7 Å². The van der Waals surface area contributed by atoms with Crippen molar-refractivity contribution in [1.29, 1.82) is 0 Å². The van der Waals surface area contributed by atoms with Gasteiger partial charge in [-0.3, -0.25) is 0 Å². The normalized spacial score (nSPS) is 13.4. The van der Waals surface area contributed by atoms with Crippen LogP contribution in [0.5, 0.6) is 0 Å². The number of nitrogens with one attached hydrogen (secondary N) is 2. The number of hydrogen-bond acceptors (Lipinski definition) is 4. The molecule has 0 saturated carbocycles. The van der Waals surface area contributed by atoms with Crippen LogP contribution < -0.4 is 5.32 Å². The summed E-state index contributed by atoms with van der Waals surface area (Å²) in [6, 6.07) is 2.58. The Kier molecular flexibility index (Phi) is 3.98. The third-order valence-electron chi connectivity index (χ3n) is 2.70. The van der Waals surface area contributed by atoms with Crippen molar-refractivity contribution in [3.05, 3.63) is 41.0 Å². The fourth-order valence-corrected chi connectivity index (χ4v) is 1.61. The van der Waals surface area contributed by atoms with Crippen LogP contribution in [-0.4, -0.2) is 20.6 Å². The molecule has 0 radical (unpaired) electrons. The molecule has 1 unspecified atom stereocenters. The van der Waals surface area contributed by atoms with Gasteiger partial charge in [0.25, 0.3) is 0 Å². The molecule has 2 rings (SSSR count). The number of nitrogens with zero attached hydrogens (tertiary/aromatic N) is 3. The lowest BCUT2D eigenvalue weighted by molar-refractivity contribution is -0.140. The third-order valence-corrected chi connectivity index (χ3v) is 2.70. The zero-order valence-electron chi connectivity index (χ0n) is 10.4. The van der Waals surface area contributed by atoms with Gasteiger partial charge in [-0.1, -0.05) is 11.3 Å². The molecular weight excluding hydrogens is 278 g/mol. The van der Waals surface area contributed by atoms with E-state index in [9.17, 15) is 17.6 Å². The summed E-state index contributed by atoms with van der Waals surface area (Å²) in [5.41, 5.74) is -0.960. The van der Waals surface area contributed by atoms with Crippen LogP contribution in [0.4, 0.5) is 17.6 Å². The molecule has 1 aromatic heterocycles. The van der Waals surface area contributed by atoms with Gasteiger partial charge in [-0.2, -0.15) is 18.4 Å². The number of benzene rings is 1. The zero-order chi connectivity index (χ0) is 14.8. The Hall–Kier alpha value is -2.03. The van der Waals surface area contributed by atoms with Crippen LogP contribution in [0.1, 0.15) is 29.9 Å². The van der Waals surface area contributed by atoms with Crippen LogP contribution in [0.3, 0.4) is 0 Å². The molecule has 2 N–H and O–H groups in total. The molecule has 0 aliphatic rings. The monoisotopic (exact) mass is 289 g/mol. The van der Waals surface area contributed by atoms with Crippen molar-refractivity contribution < 1.29 is 17.6 Å². The van der Waals surface area contributed by atoms with Crippen molar-refractivity contribution in [3.8, 4) is 0 Å².